The van der Waals surface area contributed by atoms with Crippen molar-refractivity contribution in [3.05, 3.63) is 29.8 Å². The number of hydrogen-bond donors (Lipinski definition) is 1. The Morgan fingerprint density at radius 3 is 2.70 bits per heavy atom. The normalized spacial score (nSPS) is 19.9. The van der Waals surface area contributed by atoms with E-state index < -0.39 is 18.5 Å². The van der Waals surface area contributed by atoms with Crippen LogP contribution < -0.4 is 10.6 Å². The van der Waals surface area contributed by atoms with E-state index in [9.17, 15) is 19.2 Å². The second-order valence-electron chi connectivity index (χ2n) is 6.86. The van der Waals surface area contributed by atoms with E-state index in [0.717, 1.165) is 6.42 Å². The predicted molar refractivity (Wildman–Crippen MR) is 96.8 cm³/mol. The van der Waals surface area contributed by atoms with Crippen LogP contribution in [0.15, 0.2) is 24.3 Å². The number of rotatable bonds is 5. The highest BCUT2D eigenvalue weighted by atomic mass is 16.5. The molecule has 0 aliphatic carbocycles. The first-order chi connectivity index (χ1) is 13.0. The number of likely N-dealkylation sites (tertiary alicyclic amines) is 1. The van der Waals surface area contributed by atoms with Crippen molar-refractivity contribution in [2.75, 3.05) is 31.1 Å². The summed E-state index contributed by atoms with van der Waals surface area (Å²) in [7, 11) is 0. The van der Waals surface area contributed by atoms with Crippen molar-refractivity contribution in [1.29, 1.82) is 0 Å². The van der Waals surface area contributed by atoms with Crippen molar-refractivity contribution in [1.82, 2.24) is 4.90 Å². The van der Waals surface area contributed by atoms with Crippen molar-refractivity contribution in [3.8, 4) is 0 Å². The van der Waals surface area contributed by atoms with E-state index in [1.165, 1.54) is 4.90 Å². The molecule has 8 nitrogen and oxygen atoms in total. The number of primary amides is 1. The Balaban J connectivity index is 1.57. The molecular weight excluding hydrogens is 350 g/mol. The Morgan fingerprint density at radius 2 is 2.00 bits per heavy atom. The van der Waals surface area contributed by atoms with Crippen molar-refractivity contribution in [3.63, 3.8) is 0 Å². The molecule has 2 heterocycles. The van der Waals surface area contributed by atoms with Gasteiger partial charge in [-0.1, -0.05) is 6.07 Å². The molecule has 2 aliphatic heterocycles. The number of piperidine rings is 1. The van der Waals surface area contributed by atoms with E-state index in [1.54, 1.807) is 29.2 Å². The van der Waals surface area contributed by atoms with Crippen molar-refractivity contribution in [2.24, 2.45) is 11.7 Å². The number of hydrogen-bond acceptors (Lipinski definition) is 5. The molecule has 1 aromatic carbocycles. The Morgan fingerprint density at radius 1 is 1.19 bits per heavy atom. The number of ether oxygens (including phenoxy) is 1. The van der Waals surface area contributed by atoms with E-state index >= 15 is 0 Å². The molecule has 0 saturated carbocycles. The Bertz CT molecular complexity index is 763. The molecule has 8 heteroatoms. The summed E-state index contributed by atoms with van der Waals surface area (Å²) < 4.78 is 5.13. The topological polar surface area (TPSA) is 110 Å². The maximum absolute atomic E-state index is 12.3. The Kier molecular flexibility index (Phi) is 5.73. The van der Waals surface area contributed by atoms with Crippen molar-refractivity contribution in [2.45, 2.75) is 25.7 Å². The third kappa shape index (κ3) is 4.45. The minimum absolute atomic E-state index is 0.0322. The number of esters is 1. The van der Waals surface area contributed by atoms with Crippen molar-refractivity contribution < 1.29 is 23.9 Å². The Hall–Kier alpha value is -2.90. The van der Waals surface area contributed by atoms with Gasteiger partial charge in [0, 0.05) is 31.7 Å². The summed E-state index contributed by atoms with van der Waals surface area (Å²) in [4.78, 5) is 50.8. The molecule has 1 atom stereocenters. The lowest BCUT2D eigenvalue weighted by molar-refractivity contribution is -0.137. The summed E-state index contributed by atoms with van der Waals surface area (Å²) in [5.74, 6) is -1.71. The SMILES string of the molecule is NC(=O)[C@H]1CCCN(C(=O)COC(=O)c2cccc(N3CCCC3=O)c2)C1. The highest BCUT2D eigenvalue weighted by Crippen LogP contribution is 2.22. The molecule has 2 fully saturated rings. The van der Waals surface area contributed by atoms with Crippen LogP contribution in [0.5, 0.6) is 0 Å². The molecule has 0 unspecified atom stereocenters. The molecule has 1 aromatic rings. The number of amides is 3. The highest BCUT2D eigenvalue weighted by molar-refractivity contribution is 5.97. The van der Waals surface area contributed by atoms with Gasteiger partial charge < -0.3 is 20.3 Å². The summed E-state index contributed by atoms with van der Waals surface area (Å²) in [6.07, 6.45) is 2.66. The molecule has 144 valence electrons. The van der Waals surface area contributed by atoms with Crippen LogP contribution in [0.1, 0.15) is 36.0 Å². The minimum Gasteiger partial charge on any atom is -0.452 e. The highest BCUT2D eigenvalue weighted by Gasteiger charge is 2.27. The van der Waals surface area contributed by atoms with Crippen LogP contribution in [0.2, 0.25) is 0 Å². The van der Waals surface area contributed by atoms with Gasteiger partial charge in [0.15, 0.2) is 6.61 Å². The molecule has 2 aliphatic rings. The van der Waals surface area contributed by atoms with Gasteiger partial charge in [-0.15, -0.1) is 0 Å². The molecule has 2 N–H and O–H groups in total. The second-order valence-corrected chi connectivity index (χ2v) is 6.86. The molecule has 3 rings (SSSR count). The molecule has 0 spiro atoms. The monoisotopic (exact) mass is 373 g/mol. The molecule has 0 aromatic heterocycles. The van der Waals surface area contributed by atoms with Crippen LogP contribution in [-0.2, 0) is 19.1 Å². The van der Waals surface area contributed by atoms with Gasteiger partial charge in [0.05, 0.1) is 11.5 Å². The van der Waals surface area contributed by atoms with Gasteiger partial charge in [-0.25, -0.2) is 4.79 Å². The van der Waals surface area contributed by atoms with Crippen LogP contribution in [0.25, 0.3) is 0 Å². The van der Waals surface area contributed by atoms with E-state index in [0.29, 0.717) is 38.0 Å². The lowest BCUT2D eigenvalue weighted by Gasteiger charge is -2.31. The largest absolute Gasteiger partial charge is 0.452 e. The summed E-state index contributed by atoms with van der Waals surface area (Å²) >= 11 is 0. The standard InChI is InChI=1S/C19H23N3O5/c20-18(25)14-5-2-8-21(11-14)17(24)12-27-19(26)13-4-1-6-15(10-13)22-9-3-7-16(22)23/h1,4,6,10,14H,2-3,5,7-9,11-12H2,(H2,20,25)/t14-/m0/s1. The lowest BCUT2D eigenvalue weighted by Crippen LogP contribution is -2.45. The first-order valence-corrected chi connectivity index (χ1v) is 9.10. The van der Waals surface area contributed by atoms with Gasteiger partial charge in [-0.2, -0.15) is 0 Å². The van der Waals surface area contributed by atoms with E-state index in [4.69, 9.17) is 10.5 Å². The molecular formula is C19H23N3O5. The number of carbonyl (C=O) groups is 4. The minimum atomic E-state index is -0.625. The van der Waals surface area contributed by atoms with Crippen LogP contribution in [-0.4, -0.2) is 54.8 Å². The number of carbonyl (C=O) groups excluding carboxylic acids is 4. The summed E-state index contributed by atoms with van der Waals surface area (Å²) in [6.45, 7) is 1.02. The first kappa shape index (κ1) is 18.9. The average Bonchev–Trinajstić information content (AvgIpc) is 3.12. The fourth-order valence-electron chi connectivity index (χ4n) is 3.46. The number of benzene rings is 1. The summed E-state index contributed by atoms with van der Waals surface area (Å²) in [6, 6.07) is 6.63. The first-order valence-electron chi connectivity index (χ1n) is 9.10. The maximum Gasteiger partial charge on any atom is 0.338 e. The van der Waals surface area contributed by atoms with Gasteiger partial charge in [0.1, 0.15) is 0 Å². The number of nitrogens with zero attached hydrogens (tertiary/aromatic N) is 2. The summed E-state index contributed by atoms with van der Waals surface area (Å²) in [5, 5.41) is 0. The van der Waals surface area contributed by atoms with Crippen LogP contribution in [0.3, 0.4) is 0 Å². The lowest BCUT2D eigenvalue weighted by atomic mass is 9.97. The number of nitrogens with two attached hydrogens (primary N) is 1. The van der Waals surface area contributed by atoms with Crippen LogP contribution in [0, 0.1) is 5.92 Å². The van der Waals surface area contributed by atoms with Crippen LogP contribution in [0.4, 0.5) is 5.69 Å². The fraction of sp³-hybridized carbons (Fsp3) is 0.474. The zero-order chi connectivity index (χ0) is 19.4. The predicted octanol–water partition coefficient (Wildman–Crippen LogP) is 0.694. The number of anilines is 1. The molecule has 2 saturated heterocycles. The van der Waals surface area contributed by atoms with Gasteiger partial charge in [-0.3, -0.25) is 14.4 Å². The van der Waals surface area contributed by atoms with Crippen molar-refractivity contribution >= 4 is 29.4 Å². The average molecular weight is 373 g/mol. The van der Waals surface area contributed by atoms with Gasteiger partial charge in [0.25, 0.3) is 5.91 Å². The smallest absolute Gasteiger partial charge is 0.338 e. The zero-order valence-electron chi connectivity index (χ0n) is 15.1. The maximum atomic E-state index is 12.3. The fourth-order valence-corrected chi connectivity index (χ4v) is 3.46. The van der Waals surface area contributed by atoms with Gasteiger partial charge in [0.2, 0.25) is 11.8 Å². The third-order valence-corrected chi connectivity index (χ3v) is 4.97. The molecule has 27 heavy (non-hydrogen) atoms. The van der Waals surface area contributed by atoms with Gasteiger partial charge >= 0.3 is 5.97 Å². The van der Waals surface area contributed by atoms with Gasteiger partial charge in [-0.05, 0) is 37.5 Å². The summed E-state index contributed by atoms with van der Waals surface area (Å²) in [5.41, 5.74) is 6.25. The molecule has 0 bridgehead atoms. The van der Waals surface area contributed by atoms with Crippen LogP contribution >= 0.6 is 0 Å². The van der Waals surface area contributed by atoms with E-state index in [-0.39, 0.29) is 29.8 Å². The van der Waals surface area contributed by atoms with E-state index in [2.05, 4.69) is 0 Å². The van der Waals surface area contributed by atoms with E-state index in [1.807, 2.05) is 0 Å². The molecule has 0 radical (unpaired) electrons. The Labute approximate surface area is 157 Å². The zero-order valence-corrected chi connectivity index (χ0v) is 15.1. The third-order valence-electron chi connectivity index (χ3n) is 4.97. The second kappa shape index (κ2) is 8.20. The quantitative estimate of drug-likeness (QED) is 0.764. The molecule has 3 amide bonds.